The molecule has 0 radical (unpaired) electrons. The van der Waals surface area contributed by atoms with Crippen LogP contribution in [0.1, 0.15) is 29.9 Å². The first-order chi connectivity index (χ1) is 15.2. The number of rotatable bonds is 7. The molecule has 0 aliphatic carbocycles. The maximum atomic E-state index is 13.0. The Balaban J connectivity index is 0.00000289. The van der Waals surface area contributed by atoms with Crippen molar-refractivity contribution in [3.05, 3.63) is 48.5 Å². The number of aromatic nitrogens is 2. The molecule has 3 heterocycles. The van der Waals surface area contributed by atoms with Crippen molar-refractivity contribution in [1.29, 1.82) is 0 Å². The summed E-state index contributed by atoms with van der Waals surface area (Å²) < 4.78 is 16.7. The first-order valence-corrected chi connectivity index (χ1v) is 10.4. The van der Waals surface area contributed by atoms with Crippen molar-refractivity contribution < 1.29 is 18.7 Å². The van der Waals surface area contributed by atoms with E-state index in [4.69, 9.17) is 19.6 Å². The lowest BCUT2D eigenvalue weighted by Gasteiger charge is -2.25. The molecular formula is C23H27ClN4O4. The zero-order valence-corrected chi connectivity index (χ0v) is 18.8. The molecular weight excluding hydrogens is 432 g/mol. The van der Waals surface area contributed by atoms with Crippen LogP contribution in [-0.2, 0) is 0 Å². The van der Waals surface area contributed by atoms with Gasteiger partial charge in [-0.25, -0.2) is 9.97 Å². The van der Waals surface area contributed by atoms with Crippen molar-refractivity contribution in [3.8, 4) is 34.2 Å². The minimum Gasteiger partial charge on any atom is -0.492 e. The lowest BCUT2D eigenvalue weighted by molar-refractivity contribution is 0.0685. The number of carbonyl (C=O) groups is 1. The number of piperidine rings is 1. The lowest BCUT2D eigenvalue weighted by Crippen LogP contribution is -2.35. The Morgan fingerprint density at radius 2 is 1.81 bits per heavy atom. The fourth-order valence-corrected chi connectivity index (χ4v) is 3.56. The largest absolute Gasteiger partial charge is 0.492 e. The van der Waals surface area contributed by atoms with Gasteiger partial charge >= 0.3 is 5.91 Å². The number of methoxy groups -OCH3 is 1. The zero-order chi connectivity index (χ0) is 21.6. The molecule has 3 aromatic rings. The van der Waals surface area contributed by atoms with Crippen molar-refractivity contribution >= 4 is 18.3 Å². The third kappa shape index (κ3) is 5.20. The normalized spacial score (nSPS) is 13.4. The number of benzene rings is 1. The van der Waals surface area contributed by atoms with E-state index >= 15 is 0 Å². The summed E-state index contributed by atoms with van der Waals surface area (Å²) in [4.78, 5) is 23.6. The number of nitrogens with zero attached hydrogens (tertiary/aromatic N) is 3. The highest BCUT2D eigenvalue weighted by atomic mass is 35.5. The molecule has 2 aromatic heterocycles. The second-order valence-electron chi connectivity index (χ2n) is 7.30. The van der Waals surface area contributed by atoms with Crippen LogP contribution in [0.5, 0.6) is 11.6 Å². The highest BCUT2D eigenvalue weighted by Crippen LogP contribution is 2.34. The van der Waals surface area contributed by atoms with Crippen LogP contribution >= 0.6 is 12.4 Å². The predicted octanol–water partition coefficient (Wildman–Crippen LogP) is 3.80. The van der Waals surface area contributed by atoms with Crippen LogP contribution < -0.4 is 15.2 Å². The summed E-state index contributed by atoms with van der Waals surface area (Å²) >= 11 is 0. The predicted molar refractivity (Wildman–Crippen MR) is 123 cm³/mol. The SMILES string of the molecule is COc1ccc(-c2nc(C(=O)N3CCCCC3)oc2-c2ccc(OCCN)cc2)cn1.Cl. The van der Waals surface area contributed by atoms with Gasteiger partial charge in [0.25, 0.3) is 5.89 Å². The quantitative estimate of drug-likeness (QED) is 0.574. The van der Waals surface area contributed by atoms with Crippen molar-refractivity contribution in [2.24, 2.45) is 5.73 Å². The topological polar surface area (TPSA) is 104 Å². The van der Waals surface area contributed by atoms with Crippen LogP contribution in [0.15, 0.2) is 47.0 Å². The Morgan fingerprint density at radius 1 is 1.09 bits per heavy atom. The van der Waals surface area contributed by atoms with Crippen molar-refractivity contribution in [2.75, 3.05) is 33.4 Å². The van der Waals surface area contributed by atoms with Crippen molar-refractivity contribution in [1.82, 2.24) is 14.9 Å². The van der Waals surface area contributed by atoms with Gasteiger partial charge in [-0.05, 0) is 49.6 Å². The number of oxazole rings is 1. The van der Waals surface area contributed by atoms with Crippen LogP contribution in [0.3, 0.4) is 0 Å². The number of halogens is 1. The summed E-state index contributed by atoms with van der Waals surface area (Å²) in [5, 5.41) is 0. The van der Waals surface area contributed by atoms with E-state index in [1.165, 1.54) is 0 Å². The number of amides is 1. The van der Waals surface area contributed by atoms with Gasteiger partial charge in [-0.2, -0.15) is 0 Å². The highest BCUT2D eigenvalue weighted by molar-refractivity contribution is 5.92. The average molecular weight is 459 g/mol. The summed E-state index contributed by atoms with van der Waals surface area (Å²) in [6, 6.07) is 11.0. The van der Waals surface area contributed by atoms with E-state index in [1.807, 2.05) is 30.3 Å². The Kier molecular flexibility index (Phi) is 8.08. The van der Waals surface area contributed by atoms with E-state index in [0.29, 0.717) is 36.2 Å². The molecule has 1 saturated heterocycles. The second-order valence-corrected chi connectivity index (χ2v) is 7.30. The van der Waals surface area contributed by atoms with Crippen LogP contribution in [0.4, 0.5) is 0 Å². The molecule has 0 spiro atoms. The Morgan fingerprint density at radius 3 is 2.44 bits per heavy atom. The summed E-state index contributed by atoms with van der Waals surface area (Å²) in [5.74, 6) is 1.63. The van der Waals surface area contributed by atoms with Gasteiger partial charge in [0.1, 0.15) is 18.1 Å². The number of nitrogens with two attached hydrogens (primary N) is 1. The maximum Gasteiger partial charge on any atom is 0.309 e. The summed E-state index contributed by atoms with van der Waals surface area (Å²) in [6.45, 7) is 2.34. The lowest BCUT2D eigenvalue weighted by atomic mass is 10.1. The molecule has 1 aromatic carbocycles. The van der Waals surface area contributed by atoms with Crippen LogP contribution in [0, 0.1) is 0 Å². The molecule has 0 atom stereocenters. The molecule has 9 heteroatoms. The number of ether oxygens (including phenoxy) is 2. The first kappa shape index (κ1) is 23.6. The van der Waals surface area contributed by atoms with Gasteiger partial charge < -0.3 is 24.5 Å². The Labute approximate surface area is 193 Å². The summed E-state index contributed by atoms with van der Waals surface area (Å²) in [7, 11) is 1.56. The van der Waals surface area contributed by atoms with Gasteiger partial charge in [0.2, 0.25) is 5.88 Å². The minimum atomic E-state index is -0.184. The molecule has 1 fully saturated rings. The molecule has 0 bridgehead atoms. The molecule has 1 amide bonds. The van der Waals surface area contributed by atoms with E-state index < -0.39 is 0 Å². The van der Waals surface area contributed by atoms with Gasteiger partial charge in [0.15, 0.2) is 5.76 Å². The Hall–Kier alpha value is -3.10. The van der Waals surface area contributed by atoms with E-state index in [0.717, 1.165) is 43.5 Å². The summed E-state index contributed by atoms with van der Waals surface area (Å²) in [6.07, 6.45) is 4.80. The van der Waals surface area contributed by atoms with Crippen LogP contribution in [-0.4, -0.2) is 54.1 Å². The molecule has 1 aliphatic heterocycles. The number of hydrogen-bond acceptors (Lipinski definition) is 7. The summed E-state index contributed by atoms with van der Waals surface area (Å²) in [5.41, 5.74) is 7.58. The van der Waals surface area contributed by atoms with Gasteiger partial charge in [-0.1, -0.05) is 0 Å². The Bertz CT molecular complexity index is 1020. The molecule has 32 heavy (non-hydrogen) atoms. The van der Waals surface area contributed by atoms with Gasteiger partial charge in [-0.3, -0.25) is 4.79 Å². The maximum absolute atomic E-state index is 13.0. The average Bonchev–Trinajstić information content (AvgIpc) is 3.28. The number of likely N-dealkylation sites (tertiary alicyclic amines) is 1. The molecule has 8 nitrogen and oxygen atoms in total. The third-order valence-corrected chi connectivity index (χ3v) is 5.18. The fourth-order valence-electron chi connectivity index (χ4n) is 3.56. The van der Waals surface area contributed by atoms with E-state index in [2.05, 4.69) is 9.97 Å². The smallest absolute Gasteiger partial charge is 0.309 e. The monoisotopic (exact) mass is 458 g/mol. The van der Waals surface area contributed by atoms with Gasteiger partial charge in [0.05, 0.1) is 7.11 Å². The molecule has 0 saturated carbocycles. The van der Waals surface area contributed by atoms with Gasteiger partial charge in [0, 0.05) is 43.0 Å². The highest BCUT2D eigenvalue weighted by Gasteiger charge is 2.26. The van der Waals surface area contributed by atoms with E-state index in [1.54, 1.807) is 24.3 Å². The van der Waals surface area contributed by atoms with Crippen LogP contribution in [0.2, 0.25) is 0 Å². The number of carbonyl (C=O) groups excluding carboxylic acids is 1. The molecule has 170 valence electrons. The fraction of sp³-hybridized carbons (Fsp3) is 0.348. The number of pyridine rings is 1. The van der Waals surface area contributed by atoms with Crippen molar-refractivity contribution in [2.45, 2.75) is 19.3 Å². The molecule has 4 rings (SSSR count). The third-order valence-electron chi connectivity index (χ3n) is 5.18. The zero-order valence-electron chi connectivity index (χ0n) is 18.0. The van der Waals surface area contributed by atoms with Crippen molar-refractivity contribution in [3.63, 3.8) is 0 Å². The van der Waals surface area contributed by atoms with Gasteiger partial charge in [-0.15, -0.1) is 12.4 Å². The molecule has 0 unspecified atom stereocenters. The standard InChI is InChI=1S/C23H26N4O4.ClH/c1-29-19-10-7-17(15-25-19)20-21(16-5-8-18(9-6-16)30-14-11-24)31-22(26-20)23(28)27-12-3-2-4-13-27;/h5-10,15H,2-4,11-14,24H2,1H3;1H. The van der Waals surface area contributed by atoms with E-state index in [9.17, 15) is 4.79 Å². The van der Waals surface area contributed by atoms with Crippen LogP contribution in [0.25, 0.3) is 22.6 Å². The number of hydrogen-bond donors (Lipinski definition) is 1. The minimum absolute atomic E-state index is 0. The first-order valence-electron chi connectivity index (χ1n) is 10.4. The van der Waals surface area contributed by atoms with E-state index in [-0.39, 0.29) is 24.2 Å². The molecule has 2 N–H and O–H groups in total. The molecule has 1 aliphatic rings. The second kappa shape index (κ2) is 11.0.